The van der Waals surface area contributed by atoms with Gasteiger partial charge in [-0.3, -0.25) is 4.79 Å². The van der Waals surface area contributed by atoms with Gasteiger partial charge in [0.1, 0.15) is 31.5 Å². The number of aliphatic hydroxyl groups is 5. The SMILES string of the molecule is O=C(CNC(=O)OCc1ccccc1)NC1C(O)CC(O)(C(=O)O)OC1[C@H](O)[C@H](O)CO. The minimum Gasteiger partial charge on any atom is -0.477 e. The van der Waals surface area contributed by atoms with E-state index >= 15 is 0 Å². The topological polar surface area (TPSA) is 215 Å². The Morgan fingerprint density at radius 2 is 1.88 bits per heavy atom. The molecule has 4 unspecified atom stereocenters. The first kappa shape index (κ1) is 25.5. The standard InChI is InChI=1S/C19H26N2O11/c22-8-12(24)15(26)16-14(11(23)6-19(30,32-16)17(27)28)21-13(25)7-20-18(29)31-9-10-4-2-1-3-5-10/h1-5,11-12,14-16,22-24,26,30H,6-9H2,(H,20,29)(H,21,25)(H,27,28)/t11?,12-,14?,15-,16?,19?/m1/s1. The molecule has 1 aliphatic rings. The molecule has 6 atom stereocenters. The van der Waals surface area contributed by atoms with Gasteiger partial charge in [-0.05, 0) is 5.56 Å². The van der Waals surface area contributed by atoms with Crippen LogP contribution in [0.15, 0.2) is 30.3 Å². The molecule has 1 aromatic carbocycles. The first-order chi connectivity index (χ1) is 15.1. The van der Waals surface area contributed by atoms with Crippen LogP contribution >= 0.6 is 0 Å². The molecule has 0 bridgehead atoms. The molecule has 0 saturated carbocycles. The Kier molecular flexibility index (Phi) is 8.89. The van der Waals surface area contributed by atoms with Gasteiger partial charge in [-0.25, -0.2) is 9.59 Å². The fourth-order valence-electron chi connectivity index (χ4n) is 3.06. The second-order valence-electron chi connectivity index (χ2n) is 7.19. The van der Waals surface area contributed by atoms with Crippen molar-refractivity contribution in [2.24, 2.45) is 0 Å². The summed E-state index contributed by atoms with van der Waals surface area (Å²) in [6, 6.07) is 7.28. The molecule has 1 fully saturated rings. The maximum atomic E-state index is 12.2. The van der Waals surface area contributed by atoms with E-state index in [1.54, 1.807) is 30.3 Å². The summed E-state index contributed by atoms with van der Waals surface area (Å²) in [6.45, 7) is -1.59. The predicted molar refractivity (Wildman–Crippen MR) is 104 cm³/mol. The fourth-order valence-corrected chi connectivity index (χ4v) is 3.06. The lowest BCUT2D eigenvalue weighted by Gasteiger charge is -2.44. The largest absolute Gasteiger partial charge is 0.477 e. The molecule has 13 nitrogen and oxygen atoms in total. The third-order valence-electron chi connectivity index (χ3n) is 4.77. The highest BCUT2D eigenvalue weighted by Crippen LogP contribution is 2.30. The highest BCUT2D eigenvalue weighted by molar-refractivity contribution is 5.82. The lowest BCUT2D eigenvalue weighted by atomic mass is 9.88. The Morgan fingerprint density at radius 1 is 1.22 bits per heavy atom. The van der Waals surface area contributed by atoms with Crippen molar-refractivity contribution in [3.63, 3.8) is 0 Å². The van der Waals surface area contributed by atoms with Gasteiger partial charge in [-0.15, -0.1) is 0 Å². The summed E-state index contributed by atoms with van der Waals surface area (Å²) >= 11 is 0. The minimum atomic E-state index is -2.90. The Morgan fingerprint density at radius 3 is 2.47 bits per heavy atom. The number of carboxylic acids is 1. The first-order valence-electron chi connectivity index (χ1n) is 9.60. The van der Waals surface area contributed by atoms with Crippen LogP contribution in [-0.4, -0.2) is 98.0 Å². The van der Waals surface area contributed by atoms with Crippen LogP contribution in [0.2, 0.25) is 0 Å². The van der Waals surface area contributed by atoms with Crippen molar-refractivity contribution >= 4 is 18.0 Å². The first-order valence-corrected chi connectivity index (χ1v) is 9.60. The van der Waals surface area contributed by atoms with Crippen LogP contribution < -0.4 is 10.6 Å². The molecule has 32 heavy (non-hydrogen) atoms. The molecule has 0 radical (unpaired) electrons. The van der Waals surface area contributed by atoms with Gasteiger partial charge in [0.05, 0.1) is 18.8 Å². The highest BCUT2D eigenvalue weighted by atomic mass is 16.7. The zero-order valence-electron chi connectivity index (χ0n) is 16.8. The van der Waals surface area contributed by atoms with Crippen molar-refractivity contribution < 1.29 is 54.5 Å². The summed E-state index contributed by atoms with van der Waals surface area (Å²) < 4.78 is 9.91. The number of ether oxygens (including phenoxy) is 2. The van der Waals surface area contributed by atoms with Gasteiger partial charge in [-0.1, -0.05) is 30.3 Å². The van der Waals surface area contributed by atoms with Gasteiger partial charge in [0.25, 0.3) is 5.79 Å². The monoisotopic (exact) mass is 458 g/mol. The smallest absolute Gasteiger partial charge is 0.407 e. The zero-order valence-corrected chi connectivity index (χ0v) is 16.8. The van der Waals surface area contributed by atoms with Crippen LogP contribution in [-0.2, 0) is 25.7 Å². The molecule has 1 heterocycles. The third-order valence-corrected chi connectivity index (χ3v) is 4.77. The number of alkyl carbamates (subject to hydrolysis) is 1. The average molecular weight is 458 g/mol. The molecule has 1 aromatic rings. The van der Waals surface area contributed by atoms with Crippen LogP contribution in [0.3, 0.4) is 0 Å². The van der Waals surface area contributed by atoms with Crippen molar-refractivity contribution in [3.8, 4) is 0 Å². The van der Waals surface area contributed by atoms with E-state index in [4.69, 9.17) is 19.7 Å². The van der Waals surface area contributed by atoms with Crippen LogP contribution in [0.1, 0.15) is 12.0 Å². The van der Waals surface area contributed by atoms with Crippen molar-refractivity contribution in [3.05, 3.63) is 35.9 Å². The van der Waals surface area contributed by atoms with E-state index in [2.05, 4.69) is 10.6 Å². The number of aliphatic hydroxyl groups excluding tert-OH is 4. The van der Waals surface area contributed by atoms with E-state index in [1.807, 2.05) is 0 Å². The number of nitrogens with one attached hydrogen (secondary N) is 2. The number of carboxylic acid groups (broad SMARTS) is 1. The second-order valence-corrected chi connectivity index (χ2v) is 7.19. The molecule has 178 valence electrons. The molecule has 2 rings (SSSR count). The van der Waals surface area contributed by atoms with Gasteiger partial charge in [0.2, 0.25) is 5.91 Å². The van der Waals surface area contributed by atoms with Crippen LogP contribution in [0, 0.1) is 0 Å². The predicted octanol–water partition coefficient (Wildman–Crippen LogP) is -2.97. The number of carbonyl (C=O) groups excluding carboxylic acids is 2. The lowest BCUT2D eigenvalue weighted by Crippen LogP contribution is -2.67. The van der Waals surface area contributed by atoms with Crippen LogP contribution in [0.5, 0.6) is 0 Å². The summed E-state index contributed by atoms with van der Waals surface area (Å²) in [6.07, 6.45) is -9.10. The van der Waals surface area contributed by atoms with E-state index in [-0.39, 0.29) is 6.61 Å². The third kappa shape index (κ3) is 6.59. The summed E-state index contributed by atoms with van der Waals surface area (Å²) in [7, 11) is 0. The molecule has 0 aliphatic carbocycles. The molecule has 2 amide bonds. The summed E-state index contributed by atoms with van der Waals surface area (Å²) in [5.74, 6) is -5.63. The number of hydrogen-bond donors (Lipinski definition) is 8. The number of aliphatic carboxylic acids is 1. The lowest BCUT2D eigenvalue weighted by molar-refractivity contribution is -0.295. The van der Waals surface area contributed by atoms with Gasteiger partial charge in [-0.2, -0.15) is 0 Å². The van der Waals surface area contributed by atoms with E-state index < -0.39 is 73.8 Å². The minimum absolute atomic E-state index is 0.0371. The van der Waals surface area contributed by atoms with E-state index in [1.165, 1.54) is 0 Å². The van der Waals surface area contributed by atoms with Crippen LogP contribution in [0.25, 0.3) is 0 Å². The van der Waals surface area contributed by atoms with E-state index in [9.17, 15) is 34.8 Å². The molecule has 1 aliphatic heterocycles. The van der Waals surface area contributed by atoms with E-state index in [0.717, 1.165) is 5.56 Å². The molecule has 13 heteroatoms. The van der Waals surface area contributed by atoms with Gasteiger partial charge >= 0.3 is 12.1 Å². The normalized spacial score (nSPS) is 27.1. The molecular formula is C19H26N2O11. The maximum Gasteiger partial charge on any atom is 0.407 e. The zero-order chi connectivity index (χ0) is 23.9. The molecule has 0 spiro atoms. The quantitative estimate of drug-likeness (QED) is 0.187. The maximum absolute atomic E-state index is 12.2. The molecule has 0 aromatic heterocycles. The fraction of sp³-hybridized carbons (Fsp3) is 0.526. The number of hydrogen-bond acceptors (Lipinski definition) is 10. The van der Waals surface area contributed by atoms with Gasteiger partial charge in [0.15, 0.2) is 0 Å². The summed E-state index contributed by atoms with van der Waals surface area (Å²) in [5.41, 5.74) is 0.722. The van der Waals surface area contributed by atoms with E-state index in [0.29, 0.717) is 0 Å². The molecular weight excluding hydrogens is 432 g/mol. The number of amides is 2. The Bertz CT molecular complexity index is 793. The Hall–Kier alpha value is -2.81. The summed E-state index contributed by atoms with van der Waals surface area (Å²) in [5, 5.41) is 62.8. The highest BCUT2D eigenvalue weighted by Gasteiger charge is 2.53. The van der Waals surface area contributed by atoms with Crippen LogP contribution in [0.4, 0.5) is 4.79 Å². The van der Waals surface area contributed by atoms with Crippen molar-refractivity contribution in [1.29, 1.82) is 0 Å². The second kappa shape index (κ2) is 11.2. The van der Waals surface area contributed by atoms with Crippen molar-refractivity contribution in [2.75, 3.05) is 13.2 Å². The van der Waals surface area contributed by atoms with Crippen molar-refractivity contribution in [1.82, 2.24) is 10.6 Å². The average Bonchev–Trinajstić information content (AvgIpc) is 2.77. The van der Waals surface area contributed by atoms with Crippen molar-refractivity contribution in [2.45, 2.75) is 49.3 Å². The number of carbonyl (C=O) groups is 3. The molecule has 8 N–H and O–H groups in total. The molecule has 1 saturated heterocycles. The summed E-state index contributed by atoms with van der Waals surface area (Å²) in [4.78, 5) is 35.2. The number of rotatable bonds is 9. The van der Waals surface area contributed by atoms with Gasteiger partial charge in [0, 0.05) is 6.42 Å². The Balaban J connectivity index is 1.97. The number of benzene rings is 1. The van der Waals surface area contributed by atoms with Gasteiger partial charge < -0.3 is 50.7 Å². The Labute approximate surface area is 182 Å².